The molecule has 1 fully saturated rings. The first-order valence-corrected chi connectivity index (χ1v) is 12.1. The first-order chi connectivity index (χ1) is 14.5. The Hall–Kier alpha value is -1.90. The van der Waals surface area contributed by atoms with E-state index in [4.69, 9.17) is 9.73 Å². The predicted octanol–water partition coefficient (Wildman–Crippen LogP) is 6.23. The average molecular weight is 504 g/mol. The molecule has 1 amide bonds. The van der Waals surface area contributed by atoms with Crippen molar-refractivity contribution in [1.82, 2.24) is 4.90 Å². The third-order valence-electron chi connectivity index (χ3n) is 4.86. The lowest BCUT2D eigenvalue weighted by molar-refractivity contribution is -0.122. The van der Waals surface area contributed by atoms with Crippen LogP contribution in [-0.2, 0) is 4.79 Å². The van der Waals surface area contributed by atoms with E-state index in [1.54, 1.807) is 18.9 Å². The summed E-state index contributed by atoms with van der Waals surface area (Å²) in [6, 6.07) is 13.8. The number of benzene rings is 2. The number of halogens is 1. The van der Waals surface area contributed by atoms with Crippen LogP contribution in [0.2, 0.25) is 0 Å². The molecule has 2 heterocycles. The molecule has 0 aliphatic carbocycles. The number of ether oxygens (including phenoxy) is 1. The van der Waals surface area contributed by atoms with Crippen molar-refractivity contribution < 1.29 is 9.53 Å². The first-order valence-electron chi connectivity index (χ1n) is 9.69. The van der Waals surface area contributed by atoms with E-state index in [1.165, 1.54) is 11.8 Å². The third-order valence-corrected chi connectivity index (χ3v) is 7.79. The molecule has 0 atom stereocenters. The van der Waals surface area contributed by atoms with Gasteiger partial charge in [0.2, 0.25) is 0 Å². The van der Waals surface area contributed by atoms with Crippen molar-refractivity contribution >= 4 is 61.9 Å². The SMILES string of the molecule is CCCCN1C(=O)/C(=C2/Sc3ccc(OC)cc3N2C)SC1=Nc1cccc(Br)c1. The zero-order valence-electron chi connectivity index (χ0n) is 17.0. The van der Waals surface area contributed by atoms with E-state index in [0.29, 0.717) is 6.54 Å². The van der Waals surface area contributed by atoms with E-state index in [1.807, 2.05) is 54.4 Å². The normalized spacial score (nSPS) is 19.7. The summed E-state index contributed by atoms with van der Waals surface area (Å²) in [6.45, 7) is 2.80. The number of thioether (sulfide) groups is 2. The van der Waals surface area contributed by atoms with E-state index >= 15 is 0 Å². The lowest BCUT2D eigenvalue weighted by atomic mass is 10.3. The summed E-state index contributed by atoms with van der Waals surface area (Å²) in [4.78, 5) is 23.9. The fraction of sp³-hybridized carbons (Fsp3) is 0.273. The Labute approximate surface area is 193 Å². The number of hydrogen-bond donors (Lipinski definition) is 0. The van der Waals surface area contributed by atoms with Crippen molar-refractivity contribution in [2.45, 2.75) is 24.7 Å². The molecule has 0 spiro atoms. The predicted molar refractivity (Wildman–Crippen MR) is 130 cm³/mol. The average Bonchev–Trinajstić information content (AvgIpc) is 3.22. The van der Waals surface area contributed by atoms with E-state index < -0.39 is 0 Å². The van der Waals surface area contributed by atoms with E-state index in [2.05, 4.69) is 27.8 Å². The molecular formula is C22H22BrN3O2S2. The number of amides is 1. The molecule has 5 nitrogen and oxygen atoms in total. The van der Waals surface area contributed by atoms with Crippen molar-refractivity contribution in [3.63, 3.8) is 0 Å². The van der Waals surface area contributed by atoms with Gasteiger partial charge in [-0.15, -0.1) is 0 Å². The Balaban J connectivity index is 1.71. The zero-order chi connectivity index (χ0) is 21.3. The molecule has 2 aromatic rings. The number of fused-ring (bicyclic) bond motifs is 1. The fourth-order valence-corrected chi connectivity index (χ4v) is 5.98. The highest BCUT2D eigenvalue weighted by Crippen LogP contribution is 2.51. The minimum Gasteiger partial charge on any atom is -0.497 e. The molecule has 2 aliphatic rings. The van der Waals surface area contributed by atoms with Crippen molar-refractivity contribution in [3.05, 3.63) is 56.9 Å². The minimum atomic E-state index is 0.0244. The van der Waals surface area contributed by atoms with Crippen molar-refractivity contribution in [1.29, 1.82) is 0 Å². The highest BCUT2D eigenvalue weighted by atomic mass is 79.9. The van der Waals surface area contributed by atoms with Crippen LogP contribution in [0, 0.1) is 0 Å². The number of carbonyl (C=O) groups is 1. The zero-order valence-corrected chi connectivity index (χ0v) is 20.2. The van der Waals surface area contributed by atoms with Crippen LogP contribution >= 0.6 is 39.5 Å². The summed E-state index contributed by atoms with van der Waals surface area (Å²) < 4.78 is 6.33. The van der Waals surface area contributed by atoms with Gasteiger partial charge in [-0.1, -0.05) is 47.1 Å². The maximum atomic E-state index is 13.4. The monoisotopic (exact) mass is 503 g/mol. The Morgan fingerprint density at radius 3 is 2.73 bits per heavy atom. The second-order valence-corrected chi connectivity index (χ2v) is 9.84. The van der Waals surface area contributed by atoms with Gasteiger partial charge in [-0.05, 0) is 48.5 Å². The number of aliphatic imine (C=N–C) groups is 1. The van der Waals surface area contributed by atoms with Gasteiger partial charge in [0, 0.05) is 29.0 Å². The van der Waals surface area contributed by atoms with Crippen molar-refractivity contribution in [2.75, 3.05) is 25.6 Å². The number of amidine groups is 1. The quantitative estimate of drug-likeness (QED) is 0.452. The smallest absolute Gasteiger partial charge is 0.269 e. The van der Waals surface area contributed by atoms with Crippen LogP contribution in [0.1, 0.15) is 19.8 Å². The van der Waals surface area contributed by atoms with E-state index in [-0.39, 0.29) is 5.91 Å². The lowest BCUT2D eigenvalue weighted by Gasteiger charge is -2.16. The van der Waals surface area contributed by atoms with Crippen LogP contribution in [0.15, 0.2) is 66.8 Å². The molecule has 0 bridgehead atoms. The van der Waals surface area contributed by atoms with Crippen LogP contribution in [0.3, 0.4) is 0 Å². The second kappa shape index (κ2) is 9.08. The number of carbonyl (C=O) groups excluding carboxylic acids is 1. The summed E-state index contributed by atoms with van der Waals surface area (Å²) in [5.74, 6) is 0.829. The number of hydrogen-bond acceptors (Lipinski definition) is 6. The van der Waals surface area contributed by atoms with Gasteiger partial charge in [0.05, 0.1) is 23.5 Å². The molecule has 0 N–H and O–H groups in total. The highest BCUT2D eigenvalue weighted by Gasteiger charge is 2.39. The molecule has 0 radical (unpaired) electrons. The van der Waals surface area contributed by atoms with Gasteiger partial charge in [-0.3, -0.25) is 9.69 Å². The molecule has 0 saturated carbocycles. The highest BCUT2D eigenvalue weighted by molar-refractivity contribution is 9.10. The lowest BCUT2D eigenvalue weighted by Crippen LogP contribution is -2.30. The molecule has 4 rings (SSSR count). The Kier molecular flexibility index (Phi) is 6.46. The fourth-order valence-electron chi connectivity index (χ4n) is 3.24. The van der Waals surface area contributed by atoms with Crippen molar-refractivity contribution in [3.8, 4) is 5.75 Å². The maximum absolute atomic E-state index is 13.4. The summed E-state index contributed by atoms with van der Waals surface area (Å²) in [6.07, 6.45) is 1.96. The van der Waals surface area contributed by atoms with Gasteiger partial charge >= 0.3 is 0 Å². The van der Waals surface area contributed by atoms with E-state index in [0.717, 1.165) is 54.4 Å². The van der Waals surface area contributed by atoms with Gasteiger partial charge in [-0.2, -0.15) is 0 Å². The summed E-state index contributed by atoms with van der Waals surface area (Å²) >= 11 is 6.57. The molecular weight excluding hydrogens is 482 g/mol. The second-order valence-electron chi connectivity index (χ2n) is 6.92. The molecule has 2 aromatic carbocycles. The third kappa shape index (κ3) is 4.13. The Morgan fingerprint density at radius 1 is 1.17 bits per heavy atom. The molecule has 2 aliphatic heterocycles. The van der Waals surface area contributed by atoms with Crippen LogP contribution in [-0.4, -0.2) is 36.7 Å². The molecule has 156 valence electrons. The minimum absolute atomic E-state index is 0.0244. The Morgan fingerprint density at radius 2 is 2.00 bits per heavy atom. The largest absolute Gasteiger partial charge is 0.497 e. The van der Waals surface area contributed by atoms with Crippen molar-refractivity contribution in [2.24, 2.45) is 4.99 Å². The molecule has 1 saturated heterocycles. The molecule has 8 heteroatoms. The van der Waals surface area contributed by atoms with Crippen LogP contribution in [0.4, 0.5) is 11.4 Å². The standard InChI is InChI=1S/C22H22BrN3O2S2/c1-4-5-11-26-20(27)19(30-22(26)24-15-8-6-7-14(23)12-15)21-25(2)17-13-16(28-3)9-10-18(17)29-21/h6-10,12-13H,4-5,11H2,1-3H3/b21-19-,24-22?. The Bertz CT molecular complexity index is 1050. The van der Waals surface area contributed by atoms with E-state index in [9.17, 15) is 4.79 Å². The summed E-state index contributed by atoms with van der Waals surface area (Å²) in [7, 11) is 3.66. The molecule has 30 heavy (non-hydrogen) atoms. The molecule has 0 unspecified atom stereocenters. The number of anilines is 1. The van der Waals surface area contributed by atoms with Gasteiger partial charge in [0.1, 0.15) is 10.7 Å². The van der Waals surface area contributed by atoms with Crippen LogP contribution < -0.4 is 9.64 Å². The van der Waals surface area contributed by atoms with Gasteiger partial charge in [0.25, 0.3) is 5.91 Å². The maximum Gasteiger partial charge on any atom is 0.269 e. The number of rotatable bonds is 5. The summed E-state index contributed by atoms with van der Waals surface area (Å²) in [5.41, 5.74) is 1.88. The molecule has 0 aromatic heterocycles. The summed E-state index contributed by atoms with van der Waals surface area (Å²) in [5, 5.41) is 1.67. The van der Waals surface area contributed by atoms with Gasteiger partial charge < -0.3 is 9.64 Å². The first kappa shape index (κ1) is 21.3. The van der Waals surface area contributed by atoms with Gasteiger partial charge in [0.15, 0.2) is 5.17 Å². The number of unbranched alkanes of at least 4 members (excludes halogenated alkanes) is 1. The van der Waals surface area contributed by atoms with Crippen LogP contribution in [0.25, 0.3) is 0 Å². The van der Waals surface area contributed by atoms with Crippen LogP contribution in [0.5, 0.6) is 5.75 Å². The number of methoxy groups -OCH3 is 1. The number of nitrogens with zero attached hydrogens (tertiary/aromatic N) is 3. The topological polar surface area (TPSA) is 45.1 Å². The van der Waals surface area contributed by atoms with Gasteiger partial charge in [-0.25, -0.2) is 4.99 Å².